The lowest BCUT2D eigenvalue weighted by molar-refractivity contribution is 0.114. The second-order valence-electron chi connectivity index (χ2n) is 5.38. The molecule has 1 atom stereocenters. The van der Waals surface area contributed by atoms with E-state index in [2.05, 4.69) is 18.7 Å². The molecule has 0 amide bonds. The SMILES string of the molecule is CCC(CC)N(CCOC)CC(C(=N)N)c1ccccc1. The van der Waals surface area contributed by atoms with Crippen molar-refractivity contribution in [3.05, 3.63) is 35.9 Å². The van der Waals surface area contributed by atoms with Crippen molar-refractivity contribution in [2.75, 3.05) is 26.8 Å². The molecule has 0 heterocycles. The van der Waals surface area contributed by atoms with E-state index in [1.165, 1.54) is 0 Å². The van der Waals surface area contributed by atoms with Gasteiger partial charge in [-0.3, -0.25) is 10.3 Å². The lowest BCUT2D eigenvalue weighted by Gasteiger charge is -2.33. The van der Waals surface area contributed by atoms with Gasteiger partial charge in [0.1, 0.15) is 0 Å². The lowest BCUT2D eigenvalue weighted by Crippen LogP contribution is -2.42. The maximum Gasteiger partial charge on any atom is 0.0995 e. The van der Waals surface area contributed by atoms with Gasteiger partial charge >= 0.3 is 0 Å². The van der Waals surface area contributed by atoms with E-state index >= 15 is 0 Å². The van der Waals surface area contributed by atoms with Gasteiger partial charge in [0.25, 0.3) is 0 Å². The second-order valence-corrected chi connectivity index (χ2v) is 5.38. The van der Waals surface area contributed by atoms with Crippen LogP contribution in [0.15, 0.2) is 30.3 Å². The molecule has 1 unspecified atom stereocenters. The first-order valence-corrected chi connectivity index (χ1v) is 7.75. The number of nitrogens with one attached hydrogen (secondary N) is 1. The summed E-state index contributed by atoms with van der Waals surface area (Å²) in [4.78, 5) is 2.41. The van der Waals surface area contributed by atoms with Crippen molar-refractivity contribution in [2.24, 2.45) is 5.73 Å². The van der Waals surface area contributed by atoms with E-state index in [-0.39, 0.29) is 11.8 Å². The van der Waals surface area contributed by atoms with Gasteiger partial charge in [0.05, 0.1) is 18.4 Å². The summed E-state index contributed by atoms with van der Waals surface area (Å²) in [5.74, 6) is 0.179. The van der Waals surface area contributed by atoms with Crippen molar-refractivity contribution in [1.29, 1.82) is 5.41 Å². The fraction of sp³-hybridized carbons (Fsp3) is 0.588. The molecule has 1 rings (SSSR count). The number of benzene rings is 1. The number of methoxy groups -OCH3 is 1. The lowest BCUT2D eigenvalue weighted by atomic mass is 9.96. The minimum absolute atomic E-state index is 0.0522. The molecule has 0 aliphatic heterocycles. The van der Waals surface area contributed by atoms with Crippen LogP contribution in [-0.4, -0.2) is 43.6 Å². The topological polar surface area (TPSA) is 62.3 Å². The molecule has 0 aliphatic carbocycles. The van der Waals surface area contributed by atoms with Crippen LogP contribution >= 0.6 is 0 Å². The molecule has 1 aromatic carbocycles. The summed E-state index contributed by atoms with van der Waals surface area (Å²) in [5, 5.41) is 7.93. The van der Waals surface area contributed by atoms with Crippen LogP contribution in [0.5, 0.6) is 0 Å². The second kappa shape index (κ2) is 9.53. The molecule has 118 valence electrons. The van der Waals surface area contributed by atoms with Crippen molar-refractivity contribution < 1.29 is 4.74 Å². The molecule has 4 nitrogen and oxygen atoms in total. The standard InChI is InChI=1S/C17H29N3O/c1-4-15(5-2)20(11-12-21-3)13-16(17(18)19)14-9-7-6-8-10-14/h6-10,15-16H,4-5,11-13H2,1-3H3,(H3,18,19). The van der Waals surface area contributed by atoms with Gasteiger partial charge in [0.2, 0.25) is 0 Å². The molecule has 0 saturated carbocycles. The van der Waals surface area contributed by atoms with Gasteiger partial charge in [-0.15, -0.1) is 0 Å². The Labute approximate surface area is 128 Å². The van der Waals surface area contributed by atoms with Crippen molar-refractivity contribution in [1.82, 2.24) is 4.90 Å². The van der Waals surface area contributed by atoms with Crippen LogP contribution in [0.1, 0.15) is 38.2 Å². The first kappa shape index (κ1) is 17.7. The van der Waals surface area contributed by atoms with E-state index in [1.54, 1.807) is 7.11 Å². The molecule has 0 radical (unpaired) electrons. The zero-order valence-corrected chi connectivity index (χ0v) is 13.5. The van der Waals surface area contributed by atoms with Crippen molar-refractivity contribution in [2.45, 2.75) is 38.6 Å². The Bertz CT molecular complexity index is 404. The summed E-state index contributed by atoms with van der Waals surface area (Å²) in [7, 11) is 1.73. The van der Waals surface area contributed by atoms with E-state index in [4.69, 9.17) is 15.9 Å². The normalized spacial score (nSPS) is 12.8. The summed E-state index contributed by atoms with van der Waals surface area (Å²) in [6, 6.07) is 10.6. The molecule has 0 bridgehead atoms. The summed E-state index contributed by atoms with van der Waals surface area (Å²) in [6.07, 6.45) is 2.19. The molecule has 0 aliphatic rings. The average Bonchev–Trinajstić information content (AvgIpc) is 2.50. The van der Waals surface area contributed by atoms with Gasteiger partial charge in [-0.05, 0) is 18.4 Å². The molecule has 1 aromatic rings. The van der Waals surface area contributed by atoms with Crippen LogP contribution in [0, 0.1) is 5.41 Å². The van der Waals surface area contributed by atoms with Gasteiger partial charge in [-0.1, -0.05) is 44.2 Å². The third-order valence-corrected chi connectivity index (χ3v) is 4.04. The van der Waals surface area contributed by atoms with E-state index in [0.717, 1.165) is 31.5 Å². The smallest absolute Gasteiger partial charge is 0.0995 e. The average molecular weight is 291 g/mol. The van der Waals surface area contributed by atoms with Crippen LogP contribution < -0.4 is 5.73 Å². The molecule has 21 heavy (non-hydrogen) atoms. The zero-order chi connectivity index (χ0) is 15.7. The van der Waals surface area contributed by atoms with E-state index in [0.29, 0.717) is 12.6 Å². The summed E-state index contributed by atoms with van der Waals surface area (Å²) in [5.41, 5.74) is 6.96. The highest BCUT2D eigenvalue weighted by molar-refractivity contribution is 5.84. The Morgan fingerprint density at radius 1 is 1.24 bits per heavy atom. The van der Waals surface area contributed by atoms with Gasteiger partial charge in [-0.25, -0.2) is 0 Å². The third kappa shape index (κ3) is 5.48. The summed E-state index contributed by atoms with van der Waals surface area (Å²) >= 11 is 0. The zero-order valence-electron chi connectivity index (χ0n) is 13.5. The van der Waals surface area contributed by atoms with E-state index in [9.17, 15) is 0 Å². The van der Waals surface area contributed by atoms with E-state index in [1.807, 2.05) is 30.3 Å². The number of hydrogen-bond donors (Lipinski definition) is 2. The van der Waals surface area contributed by atoms with Crippen molar-refractivity contribution in [3.63, 3.8) is 0 Å². The number of rotatable bonds is 10. The quantitative estimate of drug-likeness (QED) is 0.515. The Balaban J connectivity index is 2.88. The van der Waals surface area contributed by atoms with E-state index < -0.39 is 0 Å². The Kier molecular flexibility index (Phi) is 8.01. The van der Waals surface area contributed by atoms with Crippen molar-refractivity contribution >= 4 is 5.84 Å². The molecule has 0 fully saturated rings. The molecule has 0 aromatic heterocycles. The number of amidine groups is 1. The highest BCUT2D eigenvalue weighted by Gasteiger charge is 2.22. The van der Waals surface area contributed by atoms with Gasteiger partial charge in [0.15, 0.2) is 0 Å². The summed E-state index contributed by atoms with van der Waals surface area (Å²) in [6.45, 7) is 6.77. The first-order valence-electron chi connectivity index (χ1n) is 7.75. The maximum atomic E-state index is 7.93. The van der Waals surface area contributed by atoms with Crippen LogP contribution in [-0.2, 0) is 4.74 Å². The van der Waals surface area contributed by atoms with Gasteiger partial charge < -0.3 is 10.5 Å². The molecule has 0 saturated heterocycles. The number of nitrogens with two attached hydrogens (primary N) is 1. The molecular formula is C17H29N3O. The summed E-state index contributed by atoms with van der Waals surface area (Å²) < 4.78 is 5.23. The van der Waals surface area contributed by atoms with Crippen LogP contribution in [0.4, 0.5) is 0 Å². The molecular weight excluding hydrogens is 262 g/mol. The Morgan fingerprint density at radius 2 is 1.86 bits per heavy atom. The largest absolute Gasteiger partial charge is 0.387 e. The van der Waals surface area contributed by atoms with Crippen LogP contribution in [0.25, 0.3) is 0 Å². The Hall–Kier alpha value is -1.39. The molecule has 0 spiro atoms. The third-order valence-electron chi connectivity index (χ3n) is 4.04. The maximum absolute atomic E-state index is 7.93. The fourth-order valence-corrected chi connectivity index (χ4v) is 2.74. The van der Waals surface area contributed by atoms with Gasteiger partial charge in [-0.2, -0.15) is 0 Å². The Morgan fingerprint density at radius 3 is 2.33 bits per heavy atom. The van der Waals surface area contributed by atoms with Crippen LogP contribution in [0.3, 0.4) is 0 Å². The van der Waals surface area contributed by atoms with Gasteiger partial charge in [0, 0.05) is 26.2 Å². The minimum Gasteiger partial charge on any atom is -0.387 e. The number of hydrogen-bond acceptors (Lipinski definition) is 3. The molecule has 4 heteroatoms. The van der Waals surface area contributed by atoms with Crippen LogP contribution in [0.2, 0.25) is 0 Å². The molecule has 3 N–H and O–H groups in total. The number of ether oxygens (including phenoxy) is 1. The predicted octanol–water partition coefficient (Wildman–Crippen LogP) is 2.84. The minimum atomic E-state index is -0.0522. The number of nitrogens with zero attached hydrogens (tertiary/aromatic N) is 1. The highest BCUT2D eigenvalue weighted by atomic mass is 16.5. The first-order chi connectivity index (χ1) is 10.1. The monoisotopic (exact) mass is 291 g/mol. The highest BCUT2D eigenvalue weighted by Crippen LogP contribution is 2.20. The van der Waals surface area contributed by atoms with Crippen molar-refractivity contribution in [3.8, 4) is 0 Å². The fourth-order valence-electron chi connectivity index (χ4n) is 2.74. The predicted molar refractivity (Wildman–Crippen MR) is 88.9 cm³/mol.